The number of rotatable bonds is 1. The van der Waals surface area contributed by atoms with Gasteiger partial charge in [-0.05, 0) is 43.5 Å². The van der Waals surface area contributed by atoms with Crippen molar-refractivity contribution in [1.82, 2.24) is 5.32 Å². The number of likely N-dealkylation sites (N-methyl/N-ethyl adjacent to an activating group) is 1. The van der Waals surface area contributed by atoms with Gasteiger partial charge in [0.05, 0.1) is 10.7 Å². The molecule has 1 unspecified atom stereocenters. The van der Waals surface area contributed by atoms with E-state index in [0.717, 1.165) is 17.5 Å². The maximum atomic E-state index is 6.31. The number of hydrogen-bond donors (Lipinski definition) is 1. The van der Waals surface area contributed by atoms with Crippen molar-refractivity contribution in [2.75, 3.05) is 31.6 Å². The van der Waals surface area contributed by atoms with Gasteiger partial charge in [-0.25, -0.2) is 0 Å². The lowest BCUT2D eigenvalue weighted by atomic mass is 9.82. The van der Waals surface area contributed by atoms with Crippen molar-refractivity contribution in [3.8, 4) is 0 Å². The van der Waals surface area contributed by atoms with Crippen LogP contribution < -0.4 is 10.2 Å². The monoisotopic (exact) mass is 250 g/mol. The van der Waals surface area contributed by atoms with Gasteiger partial charge in [0.25, 0.3) is 0 Å². The summed E-state index contributed by atoms with van der Waals surface area (Å²) in [5.41, 5.74) is 2.73. The summed E-state index contributed by atoms with van der Waals surface area (Å²) in [6, 6.07) is 6.35. The second kappa shape index (κ2) is 4.51. The largest absolute Gasteiger partial charge is 0.373 e. The number of halogens is 1. The van der Waals surface area contributed by atoms with Gasteiger partial charge in [0.15, 0.2) is 0 Å². The summed E-state index contributed by atoms with van der Waals surface area (Å²) in [7, 11) is 2.16. The fraction of sp³-hybridized carbons (Fsp3) is 0.571. The molecule has 1 aromatic rings. The van der Waals surface area contributed by atoms with Crippen molar-refractivity contribution in [3.63, 3.8) is 0 Å². The number of fused-ring (bicyclic) bond motifs is 1. The van der Waals surface area contributed by atoms with Gasteiger partial charge in [-0.15, -0.1) is 0 Å². The first-order valence-electron chi connectivity index (χ1n) is 6.47. The average Bonchev–Trinajstić information content (AvgIpc) is 2.69. The van der Waals surface area contributed by atoms with Crippen molar-refractivity contribution in [2.45, 2.75) is 18.8 Å². The van der Waals surface area contributed by atoms with E-state index in [1.807, 2.05) is 6.07 Å². The van der Waals surface area contributed by atoms with E-state index in [2.05, 4.69) is 29.4 Å². The quantitative estimate of drug-likeness (QED) is 0.825. The molecule has 0 bridgehead atoms. The molecule has 0 radical (unpaired) electrons. The van der Waals surface area contributed by atoms with Crippen LogP contribution in [-0.2, 0) is 0 Å². The maximum absolute atomic E-state index is 6.31. The number of hydrogen-bond acceptors (Lipinski definition) is 2. The number of nitrogens with zero attached hydrogens (tertiary/aromatic N) is 1. The van der Waals surface area contributed by atoms with E-state index >= 15 is 0 Å². The summed E-state index contributed by atoms with van der Waals surface area (Å²) < 4.78 is 0. The third-order valence-corrected chi connectivity index (χ3v) is 4.53. The topological polar surface area (TPSA) is 15.3 Å². The molecular weight excluding hydrogens is 232 g/mol. The van der Waals surface area contributed by atoms with E-state index in [-0.39, 0.29) is 0 Å². The highest BCUT2D eigenvalue weighted by Gasteiger charge is 2.34. The number of benzene rings is 1. The van der Waals surface area contributed by atoms with Gasteiger partial charge in [-0.1, -0.05) is 23.7 Å². The van der Waals surface area contributed by atoms with Crippen LogP contribution >= 0.6 is 11.6 Å². The first kappa shape index (κ1) is 11.4. The van der Waals surface area contributed by atoms with E-state index < -0.39 is 0 Å². The number of anilines is 1. The van der Waals surface area contributed by atoms with Gasteiger partial charge in [0.1, 0.15) is 0 Å². The molecule has 1 fully saturated rings. The lowest BCUT2D eigenvalue weighted by molar-refractivity contribution is 0.327. The Hall–Kier alpha value is -0.730. The smallest absolute Gasteiger partial charge is 0.0642 e. The molecule has 2 nitrogen and oxygen atoms in total. The SMILES string of the molecule is CN1CC(C2CCNCC2)c2cccc(Cl)c21. The standard InChI is InChI=1S/C14H19ClN2/c1-17-9-12(10-5-7-16-8-6-10)11-3-2-4-13(15)14(11)17/h2-4,10,12,16H,5-9H2,1H3. The van der Waals surface area contributed by atoms with Crippen LogP contribution in [0.25, 0.3) is 0 Å². The molecule has 3 heteroatoms. The Morgan fingerprint density at radius 1 is 1.29 bits per heavy atom. The Morgan fingerprint density at radius 3 is 2.82 bits per heavy atom. The summed E-state index contributed by atoms with van der Waals surface area (Å²) in [5.74, 6) is 1.49. The van der Waals surface area contributed by atoms with Crippen LogP contribution in [0.2, 0.25) is 5.02 Å². The highest BCUT2D eigenvalue weighted by atomic mass is 35.5. The van der Waals surface area contributed by atoms with E-state index in [9.17, 15) is 0 Å². The van der Waals surface area contributed by atoms with Crippen LogP contribution in [0.5, 0.6) is 0 Å². The Bertz CT molecular complexity index is 413. The Morgan fingerprint density at radius 2 is 2.06 bits per heavy atom. The lowest BCUT2D eigenvalue weighted by Gasteiger charge is -2.28. The number of piperidine rings is 1. The molecule has 0 amide bonds. The van der Waals surface area contributed by atoms with Crippen LogP contribution in [-0.4, -0.2) is 26.7 Å². The predicted octanol–water partition coefficient (Wildman–Crippen LogP) is 2.87. The zero-order chi connectivity index (χ0) is 11.8. The summed E-state index contributed by atoms with van der Waals surface area (Å²) >= 11 is 6.31. The van der Waals surface area contributed by atoms with Crippen molar-refractivity contribution in [1.29, 1.82) is 0 Å². The van der Waals surface area contributed by atoms with Gasteiger partial charge in [-0.2, -0.15) is 0 Å². The fourth-order valence-electron chi connectivity index (χ4n) is 3.37. The maximum Gasteiger partial charge on any atom is 0.0642 e. The van der Waals surface area contributed by atoms with Crippen molar-refractivity contribution >= 4 is 17.3 Å². The summed E-state index contributed by atoms with van der Waals surface area (Å²) in [5, 5.41) is 4.35. The van der Waals surface area contributed by atoms with E-state index in [1.165, 1.54) is 37.2 Å². The molecule has 0 spiro atoms. The van der Waals surface area contributed by atoms with Crippen molar-refractivity contribution < 1.29 is 0 Å². The molecule has 1 saturated heterocycles. The molecule has 92 valence electrons. The minimum Gasteiger partial charge on any atom is -0.373 e. The highest BCUT2D eigenvalue weighted by Crippen LogP contribution is 2.45. The first-order valence-corrected chi connectivity index (χ1v) is 6.85. The summed E-state index contributed by atoms with van der Waals surface area (Å²) in [6.45, 7) is 3.46. The molecule has 1 atom stereocenters. The number of para-hydroxylation sites is 1. The molecule has 0 saturated carbocycles. The molecular formula is C14H19ClN2. The zero-order valence-electron chi connectivity index (χ0n) is 10.2. The van der Waals surface area contributed by atoms with E-state index in [0.29, 0.717) is 5.92 Å². The first-order chi connectivity index (χ1) is 8.27. The van der Waals surface area contributed by atoms with Crippen LogP contribution in [0.15, 0.2) is 18.2 Å². The minimum absolute atomic E-state index is 0.677. The molecule has 2 aliphatic rings. The van der Waals surface area contributed by atoms with Gasteiger partial charge in [0.2, 0.25) is 0 Å². The van der Waals surface area contributed by atoms with Crippen LogP contribution in [0.1, 0.15) is 24.3 Å². The van der Waals surface area contributed by atoms with Crippen LogP contribution in [0.3, 0.4) is 0 Å². The van der Waals surface area contributed by atoms with Gasteiger partial charge in [0, 0.05) is 19.5 Å². The zero-order valence-corrected chi connectivity index (χ0v) is 11.0. The normalized spacial score (nSPS) is 25.1. The lowest BCUT2D eigenvalue weighted by Crippen LogP contribution is -2.32. The second-order valence-corrected chi connectivity index (χ2v) is 5.66. The summed E-state index contributed by atoms with van der Waals surface area (Å²) in [4.78, 5) is 2.32. The minimum atomic E-state index is 0.677. The van der Waals surface area contributed by atoms with Gasteiger partial charge < -0.3 is 10.2 Å². The molecule has 2 aliphatic heterocycles. The molecule has 17 heavy (non-hydrogen) atoms. The molecule has 1 aromatic carbocycles. The van der Waals surface area contributed by atoms with E-state index in [4.69, 9.17) is 11.6 Å². The molecule has 2 heterocycles. The summed E-state index contributed by atoms with van der Waals surface area (Å²) in [6.07, 6.45) is 2.59. The van der Waals surface area contributed by atoms with Crippen LogP contribution in [0, 0.1) is 5.92 Å². The van der Waals surface area contributed by atoms with Crippen molar-refractivity contribution in [2.24, 2.45) is 5.92 Å². The van der Waals surface area contributed by atoms with Gasteiger partial charge in [-0.3, -0.25) is 0 Å². The molecule has 1 N–H and O–H groups in total. The predicted molar refractivity (Wildman–Crippen MR) is 73.1 cm³/mol. The van der Waals surface area contributed by atoms with Crippen LogP contribution in [0.4, 0.5) is 5.69 Å². The number of nitrogens with one attached hydrogen (secondary N) is 1. The fourth-order valence-corrected chi connectivity index (χ4v) is 3.69. The Labute approximate surface area is 108 Å². The Kier molecular flexibility index (Phi) is 3.01. The van der Waals surface area contributed by atoms with Gasteiger partial charge >= 0.3 is 0 Å². The molecule has 0 aromatic heterocycles. The average molecular weight is 251 g/mol. The molecule has 3 rings (SSSR count). The second-order valence-electron chi connectivity index (χ2n) is 5.25. The third kappa shape index (κ3) is 1.94. The third-order valence-electron chi connectivity index (χ3n) is 4.22. The van der Waals surface area contributed by atoms with E-state index in [1.54, 1.807) is 0 Å². The molecule has 0 aliphatic carbocycles. The Balaban J connectivity index is 1.92. The van der Waals surface area contributed by atoms with Crippen molar-refractivity contribution in [3.05, 3.63) is 28.8 Å². The highest BCUT2D eigenvalue weighted by molar-refractivity contribution is 6.33.